The quantitative estimate of drug-likeness (QED) is 0.868. The van der Waals surface area contributed by atoms with E-state index in [-0.39, 0.29) is 5.91 Å². The van der Waals surface area contributed by atoms with Crippen molar-refractivity contribution >= 4 is 28.4 Å². The van der Waals surface area contributed by atoms with Gasteiger partial charge in [0.25, 0.3) is 5.91 Å². The van der Waals surface area contributed by atoms with Crippen molar-refractivity contribution in [2.45, 2.75) is 13.8 Å². The van der Waals surface area contributed by atoms with E-state index in [1.807, 2.05) is 6.07 Å². The fraction of sp³-hybridized carbons (Fsp3) is 0.231. The Kier molecular flexibility index (Phi) is 3.79. The Labute approximate surface area is 110 Å². The lowest BCUT2D eigenvalue weighted by Crippen LogP contribution is -2.24. The predicted molar refractivity (Wildman–Crippen MR) is 70.6 cm³/mol. The number of nitrogens with zero attached hydrogens (tertiary/aromatic N) is 1. The number of nitrogens with one attached hydrogen (secondary N) is 1. The molecule has 1 heterocycles. The molecule has 0 spiro atoms. The van der Waals surface area contributed by atoms with Crippen molar-refractivity contribution in [2.75, 3.05) is 6.61 Å². The summed E-state index contributed by atoms with van der Waals surface area (Å²) in [6, 6.07) is 7.14. The van der Waals surface area contributed by atoms with E-state index in [0.717, 1.165) is 10.9 Å². The van der Waals surface area contributed by atoms with Crippen LogP contribution in [0, 0.1) is 6.92 Å². The largest absolute Gasteiger partial charge is 0.276 e. The van der Waals surface area contributed by atoms with Crippen LogP contribution in [0.15, 0.2) is 24.3 Å². The van der Waals surface area contributed by atoms with Crippen LogP contribution in [0.5, 0.6) is 0 Å². The lowest BCUT2D eigenvalue weighted by molar-refractivity contribution is 0.0364. The average molecular weight is 265 g/mol. The first-order valence-corrected chi connectivity index (χ1v) is 5.98. The molecule has 4 nitrogen and oxygen atoms in total. The zero-order chi connectivity index (χ0) is 13.1. The van der Waals surface area contributed by atoms with Crippen LogP contribution in [-0.4, -0.2) is 17.5 Å². The number of hydrogen-bond donors (Lipinski definition) is 1. The summed E-state index contributed by atoms with van der Waals surface area (Å²) in [4.78, 5) is 21.1. The number of halogens is 1. The molecule has 5 heteroatoms. The van der Waals surface area contributed by atoms with Crippen LogP contribution in [0.4, 0.5) is 0 Å². The van der Waals surface area contributed by atoms with Gasteiger partial charge in [-0.05, 0) is 38.1 Å². The van der Waals surface area contributed by atoms with Gasteiger partial charge in [-0.25, -0.2) is 5.48 Å². The minimum absolute atomic E-state index is 0.302. The maximum atomic E-state index is 11.8. The minimum Gasteiger partial charge on any atom is -0.274 e. The molecule has 2 rings (SSSR count). The van der Waals surface area contributed by atoms with Gasteiger partial charge in [-0.15, -0.1) is 0 Å². The van der Waals surface area contributed by atoms with E-state index in [1.54, 1.807) is 32.0 Å². The normalized spacial score (nSPS) is 10.6. The molecule has 1 aromatic carbocycles. The van der Waals surface area contributed by atoms with Gasteiger partial charge in [-0.1, -0.05) is 11.6 Å². The molecule has 1 amide bonds. The predicted octanol–water partition coefficient (Wildman–Crippen LogP) is 2.88. The Balaban J connectivity index is 2.44. The molecular weight excluding hydrogens is 252 g/mol. The zero-order valence-corrected chi connectivity index (χ0v) is 10.9. The third-order valence-corrected chi connectivity index (χ3v) is 2.76. The molecule has 0 saturated heterocycles. The molecule has 0 aliphatic heterocycles. The molecule has 0 fully saturated rings. The molecule has 0 unspecified atom stereocenters. The number of carbonyl (C=O) groups excluding carboxylic acids is 1. The maximum absolute atomic E-state index is 11.8. The van der Waals surface area contributed by atoms with E-state index in [4.69, 9.17) is 16.4 Å². The SMILES string of the molecule is CCONC(=O)c1cc2cc(Cl)ccc2nc1C. The van der Waals surface area contributed by atoms with E-state index in [1.165, 1.54) is 0 Å². The number of aromatic nitrogens is 1. The van der Waals surface area contributed by atoms with Gasteiger partial charge < -0.3 is 0 Å². The molecule has 1 aromatic heterocycles. The highest BCUT2D eigenvalue weighted by atomic mass is 35.5. The number of pyridine rings is 1. The van der Waals surface area contributed by atoms with E-state index in [2.05, 4.69) is 10.5 Å². The second-order valence-electron chi connectivity index (χ2n) is 3.82. The Hall–Kier alpha value is -1.65. The fourth-order valence-corrected chi connectivity index (χ4v) is 1.85. The molecule has 0 atom stereocenters. The van der Waals surface area contributed by atoms with E-state index >= 15 is 0 Å². The smallest absolute Gasteiger partial charge is 0.274 e. The first kappa shape index (κ1) is 12.8. The number of amides is 1. The van der Waals surface area contributed by atoms with Crippen molar-refractivity contribution in [3.63, 3.8) is 0 Å². The summed E-state index contributed by atoms with van der Waals surface area (Å²) in [6.45, 7) is 4.00. The number of rotatable bonds is 3. The van der Waals surface area contributed by atoms with Crippen LogP contribution in [0.25, 0.3) is 10.9 Å². The topological polar surface area (TPSA) is 51.2 Å². The summed E-state index contributed by atoms with van der Waals surface area (Å²) in [7, 11) is 0. The Morgan fingerprint density at radius 1 is 1.44 bits per heavy atom. The molecule has 2 aromatic rings. The van der Waals surface area contributed by atoms with Crippen LogP contribution in [0.3, 0.4) is 0 Å². The monoisotopic (exact) mass is 264 g/mol. The molecule has 0 saturated carbocycles. The molecule has 0 aliphatic carbocycles. The standard InChI is InChI=1S/C13H13ClN2O2/c1-3-18-16-13(17)11-7-9-6-10(14)4-5-12(9)15-8(11)2/h4-7H,3H2,1-2H3,(H,16,17). The summed E-state index contributed by atoms with van der Waals surface area (Å²) < 4.78 is 0. The third-order valence-electron chi connectivity index (χ3n) is 2.52. The number of hydrogen-bond acceptors (Lipinski definition) is 3. The van der Waals surface area contributed by atoms with Gasteiger partial charge in [-0.2, -0.15) is 0 Å². The molecule has 0 aliphatic rings. The number of benzene rings is 1. The summed E-state index contributed by atoms with van der Waals surface area (Å²) in [5.74, 6) is -0.302. The van der Waals surface area contributed by atoms with Crippen molar-refractivity contribution in [1.29, 1.82) is 0 Å². The van der Waals surface area contributed by atoms with Gasteiger partial charge in [0, 0.05) is 10.4 Å². The lowest BCUT2D eigenvalue weighted by atomic mass is 10.1. The second kappa shape index (κ2) is 5.33. The zero-order valence-electron chi connectivity index (χ0n) is 10.2. The average Bonchev–Trinajstić information content (AvgIpc) is 2.35. The van der Waals surface area contributed by atoms with Crippen LogP contribution in [-0.2, 0) is 4.84 Å². The minimum atomic E-state index is -0.302. The van der Waals surface area contributed by atoms with Crippen LogP contribution in [0.2, 0.25) is 5.02 Å². The molecule has 94 valence electrons. The summed E-state index contributed by atoms with van der Waals surface area (Å²) in [6.07, 6.45) is 0. The first-order chi connectivity index (χ1) is 8.61. The van der Waals surface area contributed by atoms with Crippen molar-refractivity contribution in [2.24, 2.45) is 0 Å². The van der Waals surface area contributed by atoms with Crippen LogP contribution >= 0.6 is 11.6 Å². The highest BCUT2D eigenvalue weighted by molar-refractivity contribution is 6.31. The van der Waals surface area contributed by atoms with Crippen molar-refractivity contribution in [3.8, 4) is 0 Å². The summed E-state index contributed by atoms with van der Waals surface area (Å²) in [5, 5.41) is 1.44. The van der Waals surface area contributed by atoms with E-state index in [9.17, 15) is 4.79 Å². The van der Waals surface area contributed by atoms with Gasteiger partial charge in [0.2, 0.25) is 0 Å². The molecule has 1 N–H and O–H groups in total. The molecule has 0 radical (unpaired) electrons. The Morgan fingerprint density at radius 2 is 2.22 bits per heavy atom. The molecule has 0 bridgehead atoms. The lowest BCUT2D eigenvalue weighted by Gasteiger charge is -2.08. The van der Waals surface area contributed by atoms with Gasteiger partial charge in [0.15, 0.2) is 0 Å². The highest BCUT2D eigenvalue weighted by Gasteiger charge is 2.11. The summed E-state index contributed by atoms with van der Waals surface area (Å²) in [5.41, 5.74) is 4.31. The number of fused-ring (bicyclic) bond motifs is 1. The third kappa shape index (κ3) is 2.60. The van der Waals surface area contributed by atoms with E-state index < -0.39 is 0 Å². The number of aryl methyl sites for hydroxylation is 1. The Bertz CT molecular complexity index is 599. The van der Waals surface area contributed by atoms with Crippen LogP contribution < -0.4 is 5.48 Å². The highest BCUT2D eigenvalue weighted by Crippen LogP contribution is 2.20. The van der Waals surface area contributed by atoms with Gasteiger partial charge in [0.1, 0.15) is 0 Å². The van der Waals surface area contributed by atoms with Crippen molar-refractivity contribution < 1.29 is 9.63 Å². The van der Waals surface area contributed by atoms with Crippen LogP contribution in [0.1, 0.15) is 23.0 Å². The second-order valence-corrected chi connectivity index (χ2v) is 4.26. The first-order valence-electron chi connectivity index (χ1n) is 5.61. The summed E-state index contributed by atoms with van der Waals surface area (Å²) >= 11 is 5.92. The van der Waals surface area contributed by atoms with Crippen molar-refractivity contribution in [3.05, 3.63) is 40.5 Å². The maximum Gasteiger partial charge on any atom is 0.276 e. The van der Waals surface area contributed by atoms with E-state index in [0.29, 0.717) is 22.9 Å². The van der Waals surface area contributed by atoms with Gasteiger partial charge >= 0.3 is 0 Å². The van der Waals surface area contributed by atoms with Crippen molar-refractivity contribution in [1.82, 2.24) is 10.5 Å². The molecule has 18 heavy (non-hydrogen) atoms. The number of carbonyl (C=O) groups is 1. The van der Waals surface area contributed by atoms with Gasteiger partial charge in [-0.3, -0.25) is 14.6 Å². The van der Waals surface area contributed by atoms with Gasteiger partial charge in [0.05, 0.1) is 23.4 Å². The fourth-order valence-electron chi connectivity index (χ4n) is 1.67. The molecular formula is C13H13ClN2O2. The number of hydroxylamine groups is 1. The Morgan fingerprint density at radius 3 is 2.94 bits per heavy atom.